The van der Waals surface area contributed by atoms with Crippen molar-refractivity contribution >= 4 is 5.69 Å². The Morgan fingerprint density at radius 2 is 2.00 bits per heavy atom. The minimum absolute atomic E-state index is 0.493. The SMILES string of the molecule is CCN(CCOC1CCCCC1)c1cccc(OC)c1. The molecule has 0 bridgehead atoms. The van der Waals surface area contributed by atoms with E-state index < -0.39 is 0 Å². The zero-order chi connectivity index (χ0) is 14.2. The number of hydrogen-bond acceptors (Lipinski definition) is 3. The maximum absolute atomic E-state index is 6.02. The van der Waals surface area contributed by atoms with Crippen LogP contribution in [0.4, 0.5) is 5.69 Å². The molecule has 3 heteroatoms. The summed E-state index contributed by atoms with van der Waals surface area (Å²) in [6.45, 7) is 4.93. The van der Waals surface area contributed by atoms with Crippen LogP contribution in [0.5, 0.6) is 5.75 Å². The van der Waals surface area contributed by atoms with Crippen molar-refractivity contribution in [2.24, 2.45) is 0 Å². The maximum Gasteiger partial charge on any atom is 0.120 e. The molecule has 1 fully saturated rings. The van der Waals surface area contributed by atoms with Gasteiger partial charge in [0, 0.05) is 24.8 Å². The van der Waals surface area contributed by atoms with Crippen LogP contribution in [0.3, 0.4) is 0 Å². The van der Waals surface area contributed by atoms with Gasteiger partial charge in [0.25, 0.3) is 0 Å². The maximum atomic E-state index is 6.02. The van der Waals surface area contributed by atoms with Crippen LogP contribution in [0.15, 0.2) is 24.3 Å². The zero-order valence-corrected chi connectivity index (χ0v) is 12.8. The van der Waals surface area contributed by atoms with Crippen molar-refractivity contribution in [1.82, 2.24) is 0 Å². The second-order valence-corrected chi connectivity index (χ2v) is 5.41. The Bertz CT molecular complexity index is 388. The Balaban J connectivity index is 1.81. The monoisotopic (exact) mass is 277 g/mol. The molecule has 2 rings (SSSR count). The molecule has 0 unspecified atom stereocenters. The van der Waals surface area contributed by atoms with Gasteiger partial charge in [-0.15, -0.1) is 0 Å². The largest absolute Gasteiger partial charge is 0.497 e. The summed E-state index contributed by atoms with van der Waals surface area (Å²) >= 11 is 0. The van der Waals surface area contributed by atoms with Gasteiger partial charge >= 0.3 is 0 Å². The van der Waals surface area contributed by atoms with Crippen molar-refractivity contribution in [1.29, 1.82) is 0 Å². The molecule has 0 radical (unpaired) electrons. The van der Waals surface area contributed by atoms with Crippen LogP contribution >= 0.6 is 0 Å². The van der Waals surface area contributed by atoms with Crippen molar-refractivity contribution in [3.63, 3.8) is 0 Å². The quantitative estimate of drug-likeness (QED) is 0.755. The van der Waals surface area contributed by atoms with Crippen LogP contribution in [-0.4, -0.2) is 32.9 Å². The third-order valence-electron chi connectivity index (χ3n) is 4.07. The Morgan fingerprint density at radius 1 is 1.20 bits per heavy atom. The smallest absolute Gasteiger partial charge is 0.120 e. The van der Waals surface area contributed by atoms with Gasteiger partial charge in [0.2, 0.25) is 0 Å². The lowest BCUT2D eigenvalue weighted by molar-refractivity contribution is 0.0327. The van der Waals surface area contributed by atoms with E-state index >= 15 is 0 Å². The molecule has 1 aromatic carbocycles. The van der Waals surface area contributed by atoms with Crippen LogP contribution in [-0.2, 0) is 4.74 Å². The van der Waals surface area contributed by atoms with Gasteiger partial charge in [0.05, 0.1) is 19.8 Å². The van der Waals surface area contributed by atoms with Crippen LogP contribution in [0.1, 0.15) is 39.0 Å². The molecule has 0 aromatic heterocycles. The Labute approximate surface area is 122 Å². The predicted molar refractivity (Wildman–Crippen MR) is 83.7 cm³/mol. The van der Waals surface area contributed by atoms with E-state index in [1.54, 1.807) is 7.11 Å². The number of benzene rings is 1. The molecular formula is C17H27NO2. The average molecular weight is 277 g/mol. The molecule has 0 saturated heterocycles. The summed E-state index contributed by atoms with van der Waals surface area (Å²) in [7, 11) is 1.71. The number of ether oxygens (including phenoxy) is 2. The van der Waals surface area contributed by atoms with E-state index in [9.17, 15) is 0 Å². The molecule has 1 aliphatic rings. The fourth-order valence-corrected chi connectivity index (χ4v) is 2.84. The van der Waals surface area contributed by atoms with E-state index in [2.05, 4.69) is 24.0 Å². The van der Waals surface area contributed by atoms with Crippen LogP contribution in [0.2, 0.25) is 0 Å². The first-order valence-electron chi connectivity index (χ1n) is 7.84. The van der Waals surface area contributed by atoms with Gasteiger partial charge < -0.3 is 14.4 Å². The fourth-order valence-electron chi connectivity index (χ4n) is 2.84. The molecule has 1 aliphatic carbocycles. The number of nitrogens with zero attached hydrogens (tertiary/aromatic N) is 1. The van der Waals surface area contributed by atoms with Gasteiger partial charge in [-0.1, -0.05) is 25.3 Å². The van der Waals surface area contributed by atoms with Crippen molar-refractivity contribution in [3.8, 4) is 5.75 Å². The van der Waals surface area contributed by atoms with Crippen LogP contribution in [0, 0.1) is 0 Å². The van der Waals surface area contributed by atoms with E-state index in [0.29, 0.717) is 6.10 Å². The number of rotatable bonds is 7. The third kappa shape index (κ3) is 4.41. The first-order chi connectivity index (χ1) is 9.83. The predicted octanol–water partition coefficient (Wildman–Crippen LogP) is 3.87. The summed E-state index contributed by atoms with van der Waals surface area (Å²) in [6, 6.07) is 8.24. The van der Waals surface area contributed by atoms with Crippen LogP contribution in [0.25, 0.3) is 0 Å². The normalized spacial score (nSPS) is 16.1. The summed E-state index contributed by atoms with van der Waals surface area (Å²) in [5.74, 6) is 0.911. The second-order valence-electron chi connectivity index (χ2n) is 5.41. The standard InChI is InChI=1S/C17H27NO2/c1-3-18(15-8-7-11-17(14-15)19-2)12-13-20-16-9-5-4-6-10-16/h7-8,11,14,16H,3-6,9-10,12-13H2,1-2H3. The third-order valence-corrected chi connectivity index (χ3v) is 4.07. The van der Waals surface area contributed by atoms with Gasteiger partial charge in [-0.3, -0.25) is 0 Å². The topological polar surface area (TPSA) is 21.7 Å². The molecule has 0 atom stereocenters. The second kappa shape index (κ2) is 8.15. The van der Waals surface area contributed by atoms with Gasteiger partial charge in [-0.05, 0) is 31.9 Å². The Hall–Kier alpha value is -1.22. The van der Waals surface area contributed by atoms with Gasteiger partial charge in [0.15, 0.2) is 0 Å². The molecular weight excluding hydrogens is 250 g/mol. The molecule has 0 spiro atoms. The zero-order valence-electron chi connectivity index (χ0n) is 12.8. The van der Waals surface area contributed by atoms with E-state index in [0.717, 1.165) is 25.4 Å². The lowest BCUT2D eigenvalue weighted by Crippen LogP contribution is -2.29. The highest BCUT2D eigenvalue weighted by Crippen LogP contribution is 2.22. The summed E-state index contributed by atoms with van der Waals surface area (Å²) in [5.41, 5.74) is 1.21. The van der Waals surface area contributed by atoms with Crippen molar-refractivity contribution in [2.75, 3.05) is 31.7 Å². The van der Waals surface area contributed by atoms with E-state index in [4.69, 9.17) is 9.47 Å². The van der Waals surface area contributed by atoms with Crippen molar-refractivity contribution < 1.29 is 9.47 Å². The number of hydrogen-bond donors (Lipinski definition) is 0. The molecule has 0 amide bonds. The Morgan fingerprint density at radius 3 is 2.70 bits per heavy atom. The molecule has 3 nitrogen and oxygen atoms in total. The Kier molecular flexibility index (Phi) is 6.19. The van der Waals surface area contributed by atoms with Crippen LogP contribution < -0.4 is 9.64 Å². The van der Waals surface area contributed by atoms with Gasteiger partial charge in [0.1, 0.15) is 5.75 Å². The van der Waals surface area contributed by atoms with E-state index in [1.807, 2.05) is 12.1 Å². The fraction of sp³-hybridized carbons (Fsp3) is 0.647. The lowest BCUT2D eigenvalue weighted by atomic mass is 9.98. The number of likely N-dealkylation sites (N-methyl/N-ethyl adjacent to an activating group) is 1. The molecule has 1 saturated carbocycles. The van der Waals surface area contributed by atoms with Gasteiger partial charge in [-0.25, -0.2) is 0 Å². The molecule has 112 valence electrons. The summed E-state index contributed by atoms with van der Waals surface area (Å²) < 4.78 is 11.3. The first kappa shape index (κ1) is 15.2. The summed E-state index contributed by atoms with van der Waals surface area (Å²) in [5, 5.41) is 0. The van der Waals surface area contributed by atoms with Crippen molar-refractivity contribution in [2.45, 2.75) is 45.1 Å². The molecule has 0 N–H and O–H groups in total. The highest BCUT2D eigenvalue weighted by atomic mass is 16.5. The average Bonchev–Trinajstić information content (AvgIpc) is 2.52. The highest BCUT2D eigenvalue weighted by Gasteiger charge is 2.14. The van der Waals surface area contributed by atoms with Crippen molar-refractivity contribution in [3.05, 3.63) is 24.3 Å². The molecule has 0 heterocycles. The van der Waals surface area contributed by atoms with E-state index in [-0.39, 0.29) is 0 Å². The number of anilines is 1. The molecule has 1 aromatic rings. The highest BCUT2D eigenvalue weighted by molar-refractivity contribution is 5.50. The summed E-state index contributed by atoms with van der Waals surface area (Å²) in [6.07, 6.45) is 7.02. The summed E-state index contributed by atoms with van der Waals surface area (Å²) in [4.78, 5) is 2.34. The van der Waals surface area contributed by atoms with Gasteiger partial charge in [-0.2, -0.15) is 0 Å². The lowest BCUT2D eigenvalue weighted by Gasteiger charge is -2.26. The molecule has 20 heavy (non-hydrogen) atoms. The van der Waals surface area contributed by atoms with E-state index in [1.165, 1.54) is 37.8 Å². The minimum Gasteiger partial charge on any atom is -0.497 e. The first-order valence-corrected chi connectivity index (χ1v) is 7.84. The molecule has 0 aliphatic heterocycles. The minimum atomic E-state index is 0.493. The number of methoxy groups -OCH3 is 1.